The molecule has 1 fully saturated rings. The summed E-state index contributed by atoms with van der Waals surface area (Å²) in [6.07, 6.45) is -0.655. The first-order chi connectivity index (χ1) is 19.3. The molecule has 0 bridgehead atoms. The van der Waals surface area contributed by atoms with Crippen molar-refractivity contribution in [3.05, 3.63) is 76.8 Å². The van der Waals surface area contributed by atoms with Crippen molar-refractivity contribution in [2.45, 2.75) is 32.9 Å². The van der Waals surface area contributed by atoms with E-state index >= 15 is 0 Å². The van der Waals surface area contributed by atoms with Crippen molar-refractivity contribution >= 4 is 34.3 Å². The number of fused-ring (bicyclic) bond motifs is 1. The lowest BCUT2D eigenvalue weighted by Crippen LogP contribution is -2.55. The first-order valence-electron chi connectivity index (χ1n) is 13.6. The highest BCUT2D eigenvalue weighted by Gasteiger charge is 2.27. The van der Waals surface area contributed by atoms with Gasteiger partial charge in [-0.1, -0.05) is 41.9 Å². The van der Waals surface area contributed by atoms with E-state index in [1.165, 1.54) is 0 Å². The van der Waals surface area contributed by atoms with Crippen molar-refractivity contribution in [3.63, 3.8) is 0 Å². The summed E-state index contributed by atoms with van der Waals surface area (Å²) in [5, 5.41) is 14.3. The summed E-state index contributed by atoms with van der Waals surface area (Å²) >= 11 is 6.28. The SMILES string of the molecule is Cc1cccc(C)c1NC(=O)CN1CCN(C[C@H](O)COc2ccc3oc(-c4ccccc4Cl)nc3c2)CC1C. The molecular weight excluding hydrogens is 528 g/mol. The first-order valence-corrected chi connectivity index (χ1v) is 13.9. The molecule has 0 aliphatic carbocycles. The molecule has 1 unspecified atom stereocenters. The number of carbonyl (C=O) groups excluding carboxylic acids is 1. The summed E-state index contributed by atoms with van der Waals surface area (Å²) in [5.41, 5.74) is 5.04. The van der Waals surface area contributed by atoms with Gasteiger partial charge in [-0.2, -0.15) is 0 Å². The van der Waals surface area contributed by atoms with Crippen LogP contribution in [0.2, 0.25) is 5.02 Å². The van der Waals surface area contributed by atoms with Crippen molar-refractivity contribution in [1.82, 2.24) is 14.8 Å². The number of amides is 1. The first kappa shape index (κ1) is 28.1. The molecule has 8 nitrogen and oxygen atoms in total. The van der Waals surface area contributed by atoms with E-state index in [0.29, 0.717) is 40.9 Å². The molecule has 0 spiro atoms. The second-order valence-corrected chi connectivity index (χ2v) is 10.9. The molecule has 4 aromatic rings. The summed E-state index contributed by atoms with van der Waals surface area (Å²) in [6, 6.07) is 19.0. The Hall–Kier alpha value is -3.43. The molecule has 1 aliphatic heterocycles. The van der Waals surface area contributed by atoms with Crippen molar-refractivity contribution in [1.29, 1.82) is 0 Å². The van der Waals surface area contributed by atoms with E-state index in [-0.39, 0.29) is 18.6 Å². The van der Waals surface area contributed by atoms with E-state index in [4.69, 9.17) is 20.8 Å². The van der Waals surface area contributed by atoms with Crippen molar-refractivity contribution in [2.75, 3.05) is 44.6 Å². The zero-order valence-electron chi connectivity index (χ0n) is 23.1. The molecule has 0 saturated carbocycles. The van der Waals surface area contributed by atoms with Crippen molar-refractivity contribution < 1.29 is 19.1 Å². The van der Waals surface area contributed by atoms with Crippen LogP contribution in [0.1, 0.15) is 18.1 Å². The smallest absolute Gasteiger partial charge is 0.238 e. The van der Waals surface area contributed by atoms with E-state index in [1.54, 1.807) is 18.2 Å². The zero-order chi connectivity index (χ0) is 28.2. The van der Waals surface area contributed by atoms with Crippen LogP contribution in [-0.4, -0.2) is 77.3 Å². The molecule has 210 valence electrons. The number of ether oxygens (including phenoxy) is 1. The molecule has 9 heteroatoms. The monoisotopic (exact) mass is 562 g/mol. The number of aromatic nitrogens is 1. The van der Waals surface area contributed by atoms with E-state index in [9.17, 15) is 9.90 Å². The van der Waals surface area contributed by atoms with Gasteiger partial charge in [0.2, 0.25) is 11.8 Å². The van der Waals surface area contributed by atoms with Gasteiger partial charge in [0.15, 0.2) is 5.58 Å². The molecule has 1 amide bonds. The van der Waals surface area contributed by atoms with Crippen molar-refractivity contribution in [3.8, 4) is 17.2 Å². The molecule has 40 heavy (non-hydrogen) atoms. The summed E-state index contributed by atoms with van der Waals surface area (Å²) in [6.45, 7) is 9.42. The fraction of sp³-hybridized carbons (Fsp3) is 0.355. The maximum absolute atomic E-state index is 12.7. The number of hydrogen-bond donors (Lipinski definition) is 2. The minimum atomic E-state index is -0.655. The van der Waals surface area contributed by atoms with E-state index < -0.39 is 6.10 Å². The number of aryl methyl sites for hydroxylation is 2. The van der Waals surface area contributed by atoms with Crippen LogP contribution in [0.15, 0.2) is 65.1 Å². The topological polar surface area (TPSA) is 91.1 Å². The highest BCUT2D eigenvalue weighted by Crippen LogP contribution is 2.31. The molecule has 3 aromatic carbocycles. The van der Waals surface area contributed by atoms with E-state index in [2.05, 4.69) is 27.0 Å². The molecule has 5 rings (SSSR count). The quantitative estimate of drug-likeness (QED) is 0.291. The number of aliphatic hydroxyl groups excluding tert-OH is 1. The Morgan fingerprint density at radius 3 is 2.67 bits per heavy atom. The third-order valence-corrected chi connectivity index (χ3v) is 7.65. The lowest BCUT2D eigenvalue weighted by Gasteiger charge is -2.40. The summed E-state index contributed by atoms with van der Waals surface area (Å²) in [7, 11) is 0. The molecule has 1 saturated heterocycles. The van der Waals surface area contributed by atoms with E-state index in [0.717, 1.165) is 42.0 Å². The van der Waals surface area contributed by atoms with Crippen LogP contribution in [0.3, 0.4) is 0 Å². The van der Waals surface area contributed by atoms with Gasteiger partial charge in [0.25, 0.3) is 0 Å². The fourth-order valence-electron chi connectivity index (χ4n) is 5.14. The van der Waals surface area contributed by atoms with Gasteiger partial charge in [-0.15, -0.1) is 0 Å². The van der Waals surface area contributed by atoms with E-state index in [1.807, 2.05) is 56.3 Å². The average Bonchev–Trinajstić information content (AvgIpc) is 3.35. The number of halogens is 1. The second kappa shape index (κ2) is 12.4. The van der Waals surface area contributed by atoms with Crippen molar-refractivity contribution in [2.24, 2.45) is 0 Å². The summed E-state index contributed by atoms with van der Waals surface area (Å²) < 4.78 is 11.7. The number of piperazine rings is 1. The standard InChI is InChI=1S/C31H35ClN4O4/c1-20-7-6-8-21(2)30(20)34-29(38)18-36-14-13-35(16-22(36)3)17-23(37)19-39-24-11-12-28-27(15-24)33-31(40-28)25-9-4-5-10-26(25)32/h4-12,15,22-23,37H,13-14,16-19H2,1-3H3,(H,34,38)/t22?,23-/m0/s1. The highest BCUT2D eigenvalue weighted by molar-refractivity contribution is 6.33. The largest absolute Gasteiger partial charge is 0.491 e. The summed E-state index contributed by atoms with van der Waals surface area (Å²) in [5.74, 6) is 1.06. The number of β-amino-alcohol motifs (C(OH)–C–C–N with tert-alkyl or cyclic N) is 1. The van der Waals surface area contributed by atoms with Crippen LogP contribution in [0.4, 0.5) is 5.69 Å². The number of hydrogen-bond acceptors (Lipinski definition) is 7. The fourth-order valence-corrected chi connectivity index (χ4v) is 5.35. The minimum Gasteiger partial charge on any atom is -0.491 e. The second-order valence-electron chi connectivity index (χ2n) is 10.5. The highest BCUT2D eigenvalue weighted by atomic mass is 35.5. The lowest BCUT2D eigenvalue weighted by atomic mass is 10.1. The third kappa shape index (κ3) is 6.64. The lowest BCUT2D eigenvalue weighted by molar-refractivity contribution is -0.118. The summed E-state index contributed by atoms with van der Waals surface area (Å²) in [4.78, 5) is 21.7. The number of oxazole rings is 1. The van der Waals surface area contributed by atoms with Crippen LogP contribution in [0, 0.1) is 13.8 Å². The van der Waals surface area contributed by atoms with Gasteiger partial charge in [0.1, 0.15) is 24.0 Å². The van der Waals surface area contributed by atoms with Crippen LogP contribution in [0.25, 0.3) is 22.6 Å². The van der Waals surface area contributed by atoms with Crippen LogP contribution in [0.5, 0.6) is 5.75 Å². The Labute approximate surface area is 239 Å². The molecule has 2 atom stereocenters. The number of nitrogens with zero attached hydrogens (tertiary/aromatic N) is 3. The Kier molecular flexibility index (Phi) is 8.71. The number of benzene rings is 3. The number of carbonyl (C=O) groups is 1. The molecule has 1 aromatic heterocycles. The Morgan fingerprint density at radius 1 is 1.15 bits per heavy atom. The number of aliphatic hydroxyl groups is 1. The number of nitrogens with one attached hydrogen (secondary N) is 1. The Morgan fingerprint density at radius 2 is 1.93 bits per heavy atom. The third-order valence-electron chi connectivity index (χ3n) is 7.32. The maximum Gasteiger partial charge on any atom is 0.238 e. The minimum absolute atomic E-state index is 0.00537. The van der Waals surface area contributed by atoms with Gasteiger partial charge in [-0.05, 0) is 56.2 Å². The molecular formula is C31H35ClN4O4. The number of para-hydroxylation sites is 1. The van der Waals surface area contributed by atoms with Gasteiger partial charge >= 0.3 is 0 Å². The van der Waals surface area contributed by atoms with Crippen LogP contribution >= 0.6 is 11.6 Å². The predicted molar refractivity (Wildman–Crippen MR) is 158 cm³/mol. The molecule has 0 radical (unpaired) electrons. The molecule has 1 aliphatic rings. The van der Waals surface area contributed by atoms with Crippen LogP contribution in [-0.2, 0) is 4.79 Å². The van der Waals surface area contributed by atoms with Gasteiger partial charge in [0, 0.05) is 44.0 Å². The number of anilines is 1. The molecule has 2 heterocycles. The van der Waals surface area contributed by atoms with Gasteiger partial charge in [-0.3, -0.25) is 14.6 Å². The normalized spacial score (nSPS) is 17.2. The zero-order valence-corrected chi connectivity index (χ0v) is 23.8. The maximum atomic E-state index is 12.7. The van der Waals surface area contributed by atoms with Gasteiger partial charge < -0.3 is 19.6 Å². The van der Waals surface area contributed by atoms with Gasteiger partial charge in [-0.25, -0.2) is 4.98 Å². The number of rotatable bonds is 9. The van der Waals surface area contributed by atoms with Gasteiger partial charge in [0.05, 0.1) is 17.1 Å². The Balaban J connectivity index is 1.09. The average molecular weight is 563 g/mol. The molecule has 2 N–H and O–H groups in total. The predicted octanol–water partition coefficient (Wildman–Crippen LogP) is 5.15. The Bertz CT molecular complexity index is 1470. The van der Waals surface area contributed by atoms with Crippen LogP contribution < -0.4 is 10.1 Å².